The Morgan fingerprint density at radius 3 is 2.34 bits per heavy atom. The highest BCUT2D eigenvalue weighted by Crippen LogP contribution is 2.27. The highest BCUT2D eigenvalue weighted by Gasteiger charge is 2.14. The van der Waals surface area contributed by atoms with Gasteiger partial charge < -0.3 is 19.1 Å². The van der Waals surface area contributed by atoms with Crippen LogP contribution in [0.1, 0.15) is 78.1 Å². The van der Waals surface area contributed by atoms with Crippen LogP contribution in [-0.2, 0) is 19.0 Å². The van der Waals surface area contributed by atoms with E-state index in [-0.39, 0.29) is 25.1 Å². The third-order valence-corrected chi connectivity index (χ3v) is 5.62. The van der Waals surface area contributed by atoms with Gasteiger partial charge in [0.25, 0.3) is 0 Å². The molecule has 6 nitrogen and oxygen atoms in total. The molecule has 1 rings (SSSR count). The van der Waals surface area contributed by atoms with Crippen LogP contribution < -0.4 is 0 Å². The number of rotatable bonds is 15. The largest absolute Gasteiger partial charge is 0.508 e. The normalized spacial score (nSPS) is 15.9. The average Bonchev–Trinajstić information content (AvgIpc) is 2.74. The fourth-order valence-electron chi connectivity index (χ4n) is 3.72. The zero-order valence-electron chi connectivity index (χ0n) is 18.7. The van der Waals surface area contributed by atoms with Gasteiger partial charge in [0.1, 0.15) is 6.61 Å². The van der Waals surface area contributed by atoms with Gasteiger partial charge in [0.2, 0.25) is 0 Å². The fourth-order valence-corrected chi connectivity index (χ4v) is 3.72. The van der Waals surface area contributed by atoms with Gasteiger partial charge in [0, 0.05) is 18.9 Å². The van der Waals surface area contributed by atoms with Crippen LogP contribution in [-0.4, -0.2) is 56.5 Å². The Morgan fingerprint density at radius 2 is 1.66 bits per heavy atom. The minimum absolute atomic E-state index is 0.0871. The first-order valence-electron chi connectivity index (χ1n) is 11.6. The Hall–Kier alpha value is -1.30. The third kappa shape index (κ3) is 13.5. The molecule has 1 aliphatic carbocycles. The number of unbranched alkanes of at least 4 members (excludes halogenated alkanes) is 1. The first kappa shape index (κ1) is 25.7. The number of hydrogen-bond acceptors (Lipinski definition) is 6. The zero-order valence-corrected chi connectivity index (χ0v) is 18.7. The molecule has 0 amide bonds. The number of esters is 1. The van der Waals surface area contributed by atoms with Crippen LogP contribution in [0.2, 0.25) is 0 Å². The first-order chi connectivity index (χ1) is 14.0. The van der Waals surface area contributed by atoms with Crippen LogP contribution in [0, 0.1) is 18.8 Å². The Kier molecular flexibility index (Phi) is 14.6. The molecule has 1 aliphatic rings. The van der Waals surface area contributed by atoms with Gasteiger partial charge in [-0.25, -0.2) is 4.79 Å². The highest BCUT2D eigenvalue weighted by atomic mass is 16.7. The predicted octanol–water partition coefficient (Wildman–Crippen LogP) is 5.01. The van der Waals surface area contributed by atoms with E-state index in [1.807, 2.05) is 0 Å². The Labute approximate surface area is 177 Å². The molecule has 0 saturated heterocycles. The summed E-state index contributed by atoms with van der Waals surface area (Å²) in [5, 5.41) is 0. The molecule has 0 aromatic carbocycles. The van der Waals surface area contributed by atoms with E-state index in [1.165, 1.54) is 38.5 Å². The standard InChI is InChI=1S/C23H42NO5/c1-4-24(5-2)16-11-17-27-23(26)29-19-20(3)18-28-22(25)15-10-9-14-21-12-7-6-8-13-21/h20-21H,3-19H2,1-2H3. The maximum absolute atomic E-state index is 11.8. The zero-order chi connectivity index (χ0) is 21.3. The van der Waals surface area contributed by atoms with Crippen LogP contribution >= 0.6 is 0 Å². The molecular formula is C23H42NO5. The summed E-state index contributed by atoms with van der Waals surface area (Å²) >= 11 is 0. The molecule has 6 heteroatoms. The van der Waals surface area contributed by atoms with Gasteiger partial charge in [0.15, 0.2) is 0 Å². The quantitative estimate of drug-likeness (QED) is 0.278. The van der Waals surface area contributed by atoms with Crippen LogP contribution in [0.15, 0.2) is 0 Å². The molecule has 0 heterocycles. The average molecular weight is 413 g/mol. The van der Waals surface area contributed by atoms with Gasteiger partial charge in [-0.15, -0.1) is 0 Å². The van der Waals surface area contributed by atoms with Crippen molar-refractivity contribution in [1.82, 2.24) is 4.90 Å². The van der Waals surface area contributed by atoms with Crippen LogP contribution in [0.3, 0.4) is 0 Å². The Bertz CT molecular complexity index is 433. The number of carbonyl (C=O) groups excluding carboxylic acids is 2. The molecule has 29 heavy (non-hydrogen) atoms. The Balaban J connectivity index is 1.96. The lowest BCUT2D eigenvalue weighted by molar-refractivity contribution is -0.145. The monoisotopic (exact) mass is 412 g/mol. The Morgan fingerprint density at radius 1 is 0.966 bits per heavy atom. The molecule has 0 bridgehead atoms. The maximum Gasteiger partial charge on any atom is 0.508 e. The lowest BCUT2D eigenvalue weighted by Crippen LogP contribution is -2.25. The van der Waals surface area contributed by atoms with Crippen molar-refractivity contribution < 1.29 is 23.8 Å². The molecule has 1 atom stereocenters. The summed E-state index contributed by atoms with van der Waals surface area (Å²) in [7, 11) is 0. The predicted molar refractivity (Wildman–Crippen MR) is 115 cm³/mol. The summed E-state index contributed by atoms with van der Waals surface area (Å²) in [6, 6.07) is 0. The fraction of sp³-hybridized carbons (Fsp3) is 0.870. The van der Waals surface area contributed by atoms with E-state index < -0.39 is 6.16 Å². The van der Waals surface area contributed by atoms with Gasteiger partial charge in [-0.05, 0) is 38.8 Å². The van der Waals surface area contributed by atoms with Crippen molar-refractivity contribution >= 4 is 12.1 Å². The van der Waals surface area contributed by atoms with Gasteiger partial charge in [-0.1, -0.05) is 58.8 Å². The van der Waals surface area contributed by atoms with E-state index in [9.17, 15) is 9.59 Å². The minimum atomic E-state index is -0.688. The maximum atomic E-state index is 11.8. The molecule has 0 aliphatic heterocycles. The van der Waals surface area contributed by atoms with Crippen molar-refractivity contribution in [3.8, 4) is 0 Å². The lowest BCUT2D eigenvalue weighted by Gasteiger charge is -2.21. The van der Waals surface area contributed by atoms with Crippen LogP contribution in [0.5, 0.6) is 0 Å². The van der Waals surface area contributed by atoms with Gasteiger partial charge in [-0.2, -0.15) is 0 Å². The summed E-state index contributed by atoms with van der Waals surface area (Å²) in [5.41, 5.74) is 0. The number of nitrogens with zero attached hydrogens (tertiary/aromatic N) is 1. The molecule has 0 aromatic rings. The van der Waals surface area contributed by atoms with Crippen molar-refractivity contribution in [2.45, 2.75) is 78.1 Å². The second-order valence-electron chi connectivity index (χ2n) is 8.09. The van der Waals surface area contributed by atoms with Crippen LogP contribution in [0.25, 0.3) is 0 Å². The topological polar surface area (TPSA) is 65.1 Å². The van der Waals surface area contributed by atoms with Crippen molar-refractivity contribution in [3.63, 3.8) is 0 Å². The van der Waals surface area contributed by atoms with Gasteiger partial charge in [0.05, 0.1) is 13.2 Å². The molecule has 169 valence electrons. The molecule has 1 fully saturated rings. The van der Waals surface area contributed by atoms with Gasteiger partial charge >= 0.3 is 12.1 Å². The first-order valence-corrected chi connectivity index (χ1v) is 11.6. The highest BCUT2D eigenvalue weighted by molar-refractivity contribution is 5.69. The van der Waals surface area contributed by atoms with E-state index in [0.717, 1.165) is 44.8 Å². The summed E-state index contributed by atoms with van der Waals surface area (Å²) < 4.78 is 15.3. The van der Waals surface area contributed by atoms with Crippen molar-refractivity contribution in [1.29, 1.82) is 0 Å². The molecule has 1 saturated carbocycles. The van der Waals surface area contributed by atoms with E-state index in [4.69, 9.17) is 14.2 Å². The van der Waals surface area contributed by atoms with E-state index in [2.05, 4.69) is 25.7 Å². The second-order valence-corrected chi connectivity index (χ2v) is 8.09. The second kappa shape index (κ2) is 16.5. The van der Waals surface area contributed by atoms with Crippen molar-refractivity contribution in [2.24, 2.45) is 11.8 Å². The van der Waals surface area contributed by atoms with Gasteiger partial charge in [-0.3, -0.25) is 4.79 Å². The number of ether oxygens (including phenoxy) is 3. The molecule has 1 unspecified atom stereocenters. The van der Waals surface area contributed by atoms with E-state index >= 15 is 0 Å². The summed E-state index contributed by atoms with van der Waals surface area (Å²) in [6.45, 7) is 11.5. The molecule has 1 radical (unpaired) electrons. The summed E-state index contributed by atoms with van der Waals surface area (Å²) in [5.74, 6) is 0.379. The molecular weight excluding hydrogens is 370 g/mol. The molecule has 0 spiro atoms. The van der Waals surface area contributed by atoms with Crippen LogP contribution in [0.4, 0.5) is 4.79 Å². The summed E-state index contributed by atoms with van der Waals surface area (Å²) in [4.78, 5) is 25.7. The summed E-state index contributed by atoms with van der Waals surface area (Å²) in [6.07, 6.45) is 10.6. The third-order valence-electron chi connectivity index (χ3n) is 5.62. The smallest absolute Gasteiger partial charge is 0.465 e. The number of hydrogen-bond donors (Lipinski definition) is 0. The van der Waals surface area contributed by atoms with Crippen molar-refractivity contribution in [2.75, 3.05) is 39.5 Å². The minimum Gasteiger partial charge on any atom is -0.465 e. The molecule has 0 N–H and O–H groups in total. The van der Waals surface area contributed by atoms with Crippen molar-refractivity contribution in [3.05, 3.63) is 6.92 Å². The SMILES string of the molecule is [CH2]C(COC(=O)CCCCC1CCCCC1)COC(=O)OCCCN(CC)CC. The molecule has 0 aromatic heterocycles. The van der Waals surface area contributed by atoms with E-state index in [0.29, 0.717) is 13.0 Å². The van der Waals surface area contributed by atoms with E-state index in [1.54, 1.807) is 0 Å². The lowest BCUT2D eigenvalue weighted by atomic mass is 9.86. The number of carbonyl (C=O) groups is 2.